The molecule has 0 fully saturated rings. The van der Waals surface area contributed by atoms with Crippen LogP contribution in [0.2, 0.25) is 0 Å². The Kier molecular flexibility index (Phi) is 399. The van der Waals surface area contributed by atoms with Crippen LogP contribution >= 0.6 is 0 Å². The minimum atomic E-state index is -2.92. The fraction of sp³-hybridized carbons (Fsp3) is 0. The molecule has 0 saturated carbocycles. The number of halogens is 5. The summed E-state index contributed by atoms with van der Waals surface area (Å²) in [4.78, 5) is 0. The van der Waals surface area contributed by atoms with Gasteiger partial charge in [-0.05, 0) is 0 Å². The largest absolute Gasteiger partial charge is 2.00 e. The van der Waals surface area contributed by atoms with Crippen LogP contribution in [0.4, 0.5) is 0 Å². The van der Waals surface area contributed by atoms with Gasteiger partial charge in [0.1, 0.15) is 0 Å². The monoisotopic (exact) mass is 1040 g/mol. The van der Waals surface area contributed by atoms with E-state index in [0.29, 0.717) is 0 Å². The molecule has 0 aromatic carbocycles. The minimum absolute atomic E-state index is 0. The topological polar surface area (TPSA) is 208 Å². The van der Waals surface area contributed by atoms with Gasteiger partial charge >= 0.3 is 329 Å². The van der Waals surface area contributed by atoms with E-state index in [1.807, 2.05) is 0 Å². The molecule has 0 aromatic heterocycles. The first-order valence-electron chi connectivity index (χ1n) is 2.12. The van der Waals surface area contributed by atoms with E-state index in [9.17, 15) is 0 Å². The first-order chi connectivity index (χ1) is 5.20. The molecule has 0 radical (unpaired) electrons. The van der Waals surface area contributed by atoms with Crippen molar-refractivity contribution in [3.63, 3.8) is 0 Å². The van der Waals surface area contributed by atoms with E-state index in [0.717, 1.165) is 0 Å². The van der Waals surface area contributed by atoms with Crippen LogP contribution in [0.3, 0.4) is 0 Å². The van der Waals surface area contributed by atoms with Crippen molar-refractivity contribution < 1.29 is 68.7 Å². The average molecular weight is 1030 g/mol. The van der Waals surface area contributed by atoms with Crippen LogP contribution in [0.15, 0.2) is 0 Å². The van der Waals surface area contributed by atoms with Gasteiger partial charge in [-0.2, -0.15) is 0 Å². The van der Waals surface area contributed by atoms with Gasteiger partial charge in [-0.15, -0.1) is 0 Å². The molecule has 0 aliphatic carbocycles. The first kappa shape index (κ1) is 102. The summed E-state index contributed by atoms with van der Waals surface area (Å²) in [6.07, 6.45) is 0. The zero-order valence-corrected chi connectivity index (χ0v) is 39.5. The van der Waals surface area contributed by atoms with E-state index in [4.69, 9.17) is 45.2 Å². The van der Waals surface area contributed by atoms with Crippen LogP contribution in [0, 0.1) is 0 Å². The third kappa shape index (κ3) is 304. The molecule has 0 rings (SSSR count). The van der Waals surface area contributed by atoms with Crippen molar-refractivity contribution in [2.45, 2.75) is 0 Å². The summed E-state index contributed by atoms with van der Waals surface area (Å²) in [6, 6.07) is 0. The molecule has 0 aliphatic heterocycles. The molecule has 0 bridgehead atoms. The summed E-state index contributed by atoms with van der Waals surface area (Å²) in [5, 5.41) is 75.8. The molecule has 0 amide bonds. The Morgan fingerprint density at radius 1 is 0.292 bits per heavy atom. The molecular formula is B3Ba3F5O9Sr4. The van der Waals surface area contributed by atoms with Crippen LogP contribution in [0.1, 0.15) is 0 Å². The van der Waals surface area contributed by atoms with Gasteiger partial charge in [-0.1, -0.05) is 0 Å². The fourth-order valence-electron chi connectivity index (χ4n) is 0. The predicted octanol–water partition coefficient (Wildman–Crippen LogP) is -29.5. The standard InChI is InChI=1S/3BO3.3Ba.5FH.4Sr/c3*2-1(3)4;;;;;;;;;;;;/h;;;;;;5*1H;;;;/q3*-3;3*+2;;;;;;4*+2/p-5. The van der Waals surface area contributed by atoms with Crippen molar-refractivity contribution in [3.8, 4) is 0 Å². The Morgan fingerprint density at radius 2 is 0.292 bits per heavy atom. The fourth-order valence-corrected chi connectivity index (χ4v) is 0. The third-order valence-corrected chi connectivity index (χ3v) is 0. The summed E-state index contributed by atoms with van der Waals surface area (Å²) in [7, 11) is -8.75. The molecule has 0 atom stereocenters. The van der Waals surface area contributed by atoms with Crippen LogP contribution in [0.5, 0.6) is 0 Å². The van der Waals surface area contributed by atoms with Gasteiger partial charge in [-0.3, -0.25) is 22.0 Å². The molecule has 112 valence electrons. The van der Waals surface area contributed by atoms with Gasteiger partial charge in [0.15, 0.2) is 0 Å². The maximum absolute atomic E-state index is 8.42. The van der Waals surface area contributed by atoms with Crippen molar-refractivity contribution in [2.75, 3.05) is 0 Å². The second kappa shape index (κ2) is 93.5. The predicted molar refractivity (Wildman–Crippen MR) is 57.5 cm³/mol. The first-order valence-corrected chi connectivity index (χ1v) is 2.12. The van der Waals surface area contributed by atoms with Crippen LogP contribution < -0.4 is 68.7 Å². The normalized spacial score (nSPS) is 3.38. The van der Waals surface area contributed by atoms with E-state index >= 15 is 0 Å². The molecule has 0 unspecified atom stereocenters. The van der Waals surface area contributed by atoms with E-state index in [1.165, 1.54) is 0 Å². The van der Waals surface area contributed by atoms with Crippen molar-refractivity contribution >= 4 is 351 Å². The van der Waals surface area contributed by atoms with Crippen LogP contribution in [-0.2, 0) is 0 Å². The quantitative estimate of drug-likeness (QED) is 0.167. The smallest absolute Gasteiger partial charge is 1.00 e. The third-order valence-electron chi connectivity index (χ3n) is 0. The van der Waals surface area contributed by atoms with Crippen molar-refractivity contribution in [1.82, 2.24) is 0 Å². The Hall–Kier alpha value is 10.1. The Bertz CT molecular complexity index is 80.9. The molecule has 9 nitrogen and oxygen atoms in total. The van der Waals surface area contributed by atoms with E-state index < -0.39 is 22.0 Å². The van der Waals surface area contributed by atoms with Gasteiger partial charge in [0.25, 0.3) is 0 Å². The summed E-state index contributed by atoms with van der Waals surface area (Å²) < 4.78 is 0. The summed E-state index contributed by atoms with van der Waals surface area (Å²) in [5.74, 6) is 0. The van der Waals surface area contributed by atoms with Gasteiger partial charge < -0.3 is 68.7 Å². The molecule has 0 aliphatic rings. The Morgan fingerprint density at radius 3 is 0.292 bits per heavy atom. The molecule has 0 heterocycles. The van der Waals surface area contributed by atoms with E-state index in [-0.39, 0.29) is 352 Å². The maximum atomic E-state index is 8.42. The number of hydrogen-bond acceptors (Lipinski definition) is 9. The van der Waals surface area contributed by atoms with Gasteiger partial charge in [0.05, 0.1) is 0 Å². The van der Waals surface area contributed by atoms with Crippen molar-refractivity contribution in [1.29, 1.82) is 0 Å². The summed E-state index contributed by atoms with van der Waals surface area (Å²) in [5.41, 5.74) is 0. The molecule has 24 heteroatoms. The maximum Gasteiger partial charge on any atom is 2.00 e. The zero-order chi connectivity index (χ0) is 10.7. The van der Waals surface area contributed by atoms with Crippen LogP contribution in [-0.4, -0.2) is 351 Å². The molecule has 0 saturated heterocycles. The van der Waals surface area contributed by atoms with E-state index in [2.05, 4.69) is 0 Å². The molecule has 24 heavy (non-hydrogen) atoms. The summed E-state index contributed by atoms with van der Waals surface area (Å²) >= 11 is 0. The second-order valence-corrected chi connectivity index (χ2v) is 0.866. The molecular weight excluding hydrogens is 1030 g/mol. The average Bonchev–Trinajstić information content (AvgIpc) is 1.54. The van der Waals surface area contributed by atoms with E-state index in [1.54, 1.807) is 0 Å². The molecule has 0 N–H and O–H groups in total. The van der Waals surface area contributed by atoms with Gasteiger partial charge in [0, 0.05) is 0 Å². The second-order valence-electron chi connectivity index (χ2n) is 0.866. The van der Waals surface area contributed by atoms with Crippen molar-refractivity contribution in [2.24, 2.45) is 0 Å². The summed E-state index contributed by atoms with van der Waals surface area (Å²) in [6.45, 7) is 0. The zero-order valence-electron chi connectivity index (χ0n) is 12.2. The molecule has 0 aromatic rings. The van der Waals surface area contributed by atoms with Crippen LogP contribution in [0.25, 0.3) is 0 Å². The Labute approximate surface area is 405 Å². The van der Waals surface area contributed by atoms with Gasteiger partial charge in [-0.25, -0.2) is 0 Å². The van der Waals surface area contributed by atoms with Gasteiger partial charge in [0.2, 0.25) is 0 Å². The number of rotatable bonds is 0. The molecule has 0 spiro atoms. The van der Waals surface area contributed by atoms with Crippen molar-refractivity contribution in [3.05, 3.63) is 0 Å². The SMILES string of the molecule is [Ba+2].[Ba+2].[Ba+2].[F-].[F-].[F-].[F-].[F-].[O-]B([O-])[O-].[O-]B([O-])[O-].[O-]B([O-])[O-].[Sr+2].[Sr+2].[Sr+2].[Sr+2]. The minimum Gasteiger partial charge on any atom is -1.00 e. The number of hydrogen-bond donors (Lipinski definition) is 0. The Balaban J connectivity index is -0.00000000312.